The molecule has 120 valence electrons. The molecule has 2 rings (SSSR count). The Kier molecular flexibility index (Phi) is 6.16. The smallest absolute Gasteiger partial charge is 0.0699 e. The maximum atomic E-state index is 8.96. The minimum atomic E-state index is 0.256. The van der Waals surface area contributed by atoms with Crippen LogP contribution in [0, 0.1) is 5.92 Å². The lowest BCUT2D eigenvalue weighted by atomic mass is 10.1. The Morgan fingerprint density at radius 3 is 2.55 bits per heavy atom. The number of hydrogen-bond donors (Lipinski definition) is 2. The van der Waals surface area contributed by atoms with Crippen LogP contribution in [0.2, 0.25) is 0 Å². The second-order valence-electron chi connectivity index (χ2n) is 6.22. The van der Waals surface area contributed by atoms with E-state index < -0.39 is 0 Å². The Balaban J connectivity index is 2.08. The van der Waals surface area contributed by atoms with Gasteiger partial charge in [0, 0.05) is 24.9 Å². The van der Waals surface area contributed by atoms with E-state index in [9.17, 15) is 0 Å². The molecule has 0 radical (unpaired) electrons. The number of aliphatic hydroxyl groups is 1. The molecule has 1 aromatic heterocycles. The van der Waals surface area contributed by atoms with E-state index in [4.69, 9.17) is 10.2 Å². The molecule has 22 heavy (non-hydrogen) atoms. The molecule has 0 spiro atoms. The first kappa shape index (κ1) is 16.7. The number of hydrogen-bond acceptors (Lipinski definition) is 3. The van der Waals surface area contributed by atoms with Crippen molar-refractivity contribution in [2.45, 2.75) is 39.7 Å². The summed E-state index contributed by atoms with van der Waals surface area (Å²) in [7, 11) is 0. The van der Waals surface area contributed by atoms with Crippen molar-refractivity contribution in [3.8, 4) is 5.69 Å². The third kappa shape index (κ3) is 4.42. The first-order valence-electron chi connectivity index (χ1n) is 8.07. The van der Waals surface area contributed by atoms with Gasteiger partial charge in [0.2, 0.25) is 0 Å². The molecule has 0 saturated heterocycles. The van der Waals surface area contributed by atoms with Gasteiger partial charge in [-0.25, -0.2) is 4.68 Å². The fourth-order valence-corrected chi connectivity index (χ4v) is 2.53. The van der Waals surface area contributed by atoms with Gasteiger partial charge in [-0.2, -0.15) is 5.10 Å². The first-order chi connectivity index (χ1) is 10.6. The molecule has 0 aliphatic carbocycles. The van der Waals surface area contributed by atoms with Gasteiger partial charge in [0.25, 0.3) is 0 Å². The molecule has 2 aromatic rings. The van der Waals surface area contributed by atoms with Crippen molar-refractivity contribution < 1.29 is 5.11 Å². The normalized spacial score (nSPS) is 12.8. The van der Waals surface area contributed by atoms with E-state index in [1.807, 2.05) is 22.9 Å². The van der Waals surface area contributed by atoms with Gasteiger partial charge in [-0.05, 0) is 36.9 Å². The summed E-state index contributed by atoms with van der Waals surface area (Å²) in [4.78, 5) is 0. The molecule has 0 bridgehead atoms. The van der Waals surface area contributed by atoms with Crippen LogP contribution in [-0.2, 0) is 6.54 Å². The standard InChI is InChI=1S/C18H27N3O/c1-14(2)18-16(12-19-11-15(3)9-10-22)13-21(20-18)17-7-5-4-6-8-17/h4-8,13-15,19,22H,9-12H2,1-3H3. The van der Waals surface area contributed by atoms with Crippen LogP contribution >= 0.6 is 0 Å². The number of nitrogens with zero attached hydrogens (tertiary/aromatic N) is 2. The lowest BCUT2D eigenvalue weighted by Gasteiger charge is -2.11. The molecule has 1 unspecified atom stereocenters. The van der Waals surface area contributed by atoms with Crippen molar-refractivity contribution in [3.05, 3.63) is 47.8 Å². The monoisotopic (exact) mass is 301 g/mol. The quantitative estimate of drug-likeness (QED) is 0.787. The minimum absolute atomic E-state index is 0.256. The van der Waals surface area contributed by atoms with Crippen LogP contribution in [-0.4, -0.2) is 28.0 Å². The summed E-state index contributed by atoms with van der Waals surface area (Å²) >= 11 is 0. The van der Waals surface area contributed by atoms with Crippen LogP contribution in [0.3, 0.4) is 0 Å². The Bertz CT molecular complexity index is 563. The van der Waals surface area contributed by atoms with Crippen molar-refractivity contribution in [2.24, 2.45) is 5.92 Å². The number of rotatable bonds is 8. The van der Waals surface area contributed by atoms with Crippen molar-refractivity contribution in [1.82, 2.24) is 15.1 Å². The van der Waals surface area contributed by atoms with E-state index in [0.29, 0.717) is 11.8 Å². The molecule has 2 N–H and O–H groups in total. The Hall–Kier alpha value is -1.65. The summed E-state index contributed by atoms with van der Waals surface area (Å²) < 4.78 is 1.96. The molecule has 0 saturated carbocycles. The molecule has 0 aliphatic heterocycles. The highest BCUT2D eigenvalue weighted by atomic mass is 16.3. The van der Waals surface area contributed by atoms with Gasteiger partial charge in [-0.15, -0.1) is 0 Å². The van der Waals surface area contributed by atoms with Gasteiger partial charge in [0.15, 0.2) is 0 Å². The van der Waals surface area contributed by atoms with E-state index in [-0.39, 0.29) is 6.61 Å². The lowest BCUT2D eigenvalue weighted by molar-refractivity contribution is 0.260. The van der Waals surface area contributed by atoms with Gasteiger partial charge < -0.3 is 10.4 Å². The highest BCUT2D eigenvalue weighted by Crippen LogP contribution is 2.20. The van der Waals surface area contributed by atoms with Crippen molar-refractivity contribution in [2.75, 3.05) is 13.2 Å². The maximum absolute atomic E-state index is 8.96. The van der Waals surface area contributed by atoms with Crippen molar-refractivity contribution in [1.29, 1.82) is 0 Å². The van der Waals surface area contributed by atoms with Crippen LogP contribution < -0.4 is 5.32 Å². The van der Waals surface area contributed by atoms with Crippen LogP contribution in [0.4, 0.5) is 0 Å². The summed E-state index contributed by atoms with van der Waals surface area (Å²) in [6.45, 7) is 8.49. The van der Waals surface area contributed by atoms with Crippen molar-refractivity contribution in [3.63, 3.8) is 0 Å². The number of aromatic nitrogens is 2. The van der Waals surface area contributed by atoms with Gasteiger partial charge >= 0.3 is 0 Å². The third-order valence-electron chi connectivity index (χ3n) is 3.82. The predicted molar refractivity (Wildman–Crippen MR) is 90.2 cm³/mol. The summed E-state index contributed by atoms with van der Waals surface area (Å²) in [5, 5.41) is 17.2. The SMILES string of the molecule is CC(CCO)CNCc1cn(-c2ccccc2)nc1C(C)C. The second-order valence-corrected chi connectivity index (χ2v) is 6.22. The summed E-state index contributed by atoms with van der Waals surface area (Å²) in [6, 6.07) is 10.2. The van der Waals surface area contributed by atoms with Crippen molar-refractivity contribution >= 4 is 0 Å². The van der Waals surface area contributed by atoms with Gasteiger partial charge in [-0.3, -0.25) is 0 Å². The zero-order valence-electron chi connectivity index (χ0n) is 13.8. The molecule has 1 atom stereocenters. The maximum Gasteiger partial charge on any atom is 0.0699 e. The molecule has 0 amide bonds. The molecule has 4 nitrogen and oxygen atoms in total. The van der Waals surface area contributed by atoms with Crippen LogP contribution in [0.5, 0.6) is 0 Å². The number of para-hydroxylation sites is 1. The molecule has 1 aromatic carbocycles. The Morgan fingerprint density at radius 2 is 1.91 bits per heavy atom. The largest absolute Gasteiger partial charge is 0.396 e. The van der Waals surface area contributed by atoms with E-state index in [2.05, 4.69) is 44.4 Å². The molecule has 0 aliphatic rings. The molecule has 1 heterocycles. The fraction of sp³-hybridized carbons (Fsp3) is 0.500. The summed E-state index contributed by atoms with van der Waals surface area (Å²) in [5.41, 5.74) is 3.48. The zero-order valence-corrected chi connectivity index (χ0v) is 13.8. The van der Waals surface area contributed by atoms with Gasteiger partial charge in [0.05, 0.1) is 11.4 Å². The number of nitrogens with one attached hydrogen (secondary N) is 1. The summed E-state index contributed by atoms with van der Waals surface area (Å²) in [6.07, 6.45) is 2.96. The van der Waals surface area contributed by atoms with Crippen LogP contribution in [0.1, 0.15) is 44.4 Å². The van der Waals surface area contributed by atoms with E-state index >= 15 is 0 Å². The number of aliphatic hydroxyl groups excluding tert-OH is 1. The molecular formula is C18H27N3O. The molecular weight excluding hydrogens is 274 g/mol. The topological polar surface area (TPSA) is 50.1 Å². The van der Waals surface area contributed by atoms with E-state index in [0.717, 1.165) is 30.9 Å². The van der Waals surface area contributed by atoms with Crippen LogP contribution in [0.15, 0.2) is 36.5 Å². The van der Waals surface area contributed by atoms with E-state index in [1.165, 1.54) is 5.56 Å². The Morgan fingerprint density at radius 1 is 1.18 bits per heavy atom. The fourth-order valence-electron chi connectivity index (χ4n) is 2.53. The highest BCUT2D eigenvalue weighted by molar-refractivity contribution is 5.33. The Labute approximate surface area is 133 Å². The van der Waals surface area contributed by atoms with Gasteiger partial charge in [-0.1, -0.05) is 39.0 Å². The minimum Gasteiger partial charge on any atom is -0.396 e. The van der Waals surface area contributed by atoms with Gasteiger partial charge in [0.1, 0.15) is 0 Å². The third-order valence-corrected chi connectivity index (χ3v) is 3.82. The second kappa shape index (κ2) is 8.11. The first-order valence-corrected chi connectivity index (χ1v) is 8.07. The number of benzene rings is 1. The molecule has 4 heteroatoms. The average molecular weight is 301 g/mol. The van der Waals surface area contributed by atoms with Crippen LogP contribution in [0.25, 0.3) is 5.69 Å². The lowest BCUT2D eigenvalue weighted by Crippen LogP contribution is -2.21. The van der Waals surface area contributed by atoms with E-state index in [1.54, 1.807) is 0 Å². The predicted octanol–water partition coefficient (Wildman–Crippen LogP) is 3.10. The highest BCUT2D eigenvalue weighted by Gasteiger charge is 2.13. The zero-order chi connectivity index (χ0) is 15.9. The summed E-state index contributed by atoms with van der Waals surface area (Å²) in [5.74, 6) is 0.883. The molecule has 0 fully saturated rings. The average Bonchev–Trinajstić information content (AvgIpc) is 2.93.